The summed E-state index contributed by atoms with van der Waals surface area (Å²) in [5, 5.41) is 18.0. The summed E-state index contributed by atoms with van der Waals surface area (Å²) in [4.78, 5) is -0.402. The minimum absolute atomic E-state index is 0.0303. The SMILES string of the molecule is Cc1ccc(S(=O)(=O)NCc2ccc(B(O)O)cc2)c(F)c1. The van der Waals surface area contributed by atoms with Crippen LogP contribution in [0.1, 0.15) is 11.1 Å². The molecule has 0 aliphatic rings. The average molecular weight is 323 g/mol. The Morgan fingerprint density at radius 2 is 1.77 bits per heavy atom. The summed E-state index contributed by atoms with van der Waals surface area (Å²) < 4.78 is 40.2. The Morgan fingerprint density at radius 1 is 1.14 bits per heavy atom. The van der Waals surface area contributed by atoms with Gasteiger partial charge in [0.15, 0.2) is 0 Å². The molecule has 0 spiro atoms. The molecule has 3 N–H and O–H groups in total. The second-order valence-electron chi connectivity index (χ2n) is 4.87. The predicted octanol–water partition coefficient (Wildman–Crippen LogP) is 0.292. The molecule has 0 saturated carbocycles. The number of hydrogen-bond donors (Lipinski definition) is 3. The van der Waals surface area contributed by atoms with Gasteiger partial charge in [0.25, 0.3) is 0 Å². The molecule has 2 rings (SSSR count). The lowest BCUT2D eigenvalue weighted by molar-refractivity contribution is 0.425. The monoisotopic (exact) mass is 323 g/mol. The fraction of sp³-hybridized carbons (Fsp3) is 0.143. The minimum Gasteiger partial charge on any atom is -0.423 e. The summed E-state index contributed by atoms with van der Waals surface area (Å²) in [7, 11) is -5.53. The highest BCUT2D eigenvalue weighted by Gasteiger charge is 2.18. The van der Waals surface area contributed by atoms with Crippen LogP contribution in [0.3, 0.4) is 0 Å². The topological polar surface area (TPSA) is 86.6 Å². The maximum absolute atomic E-state index is 13.7. The first-order valence-electron chi connectivity index (χ1n) is 6.50. The molecule has 2 aromatic carbocycles. The van der Waals surface area contributed by atoms with Crippen LogP contribution in [-0.4, -0.2) is 25.6 Å². The van der Waals surface area contributed by atoms with Crippen LogP contribution in [0.5, 0.6) is 0 Å². The molecule has 22 heavy (non-hydrogen) atoms. The molecule has 0 aliphatic heterocycles. The molecule has 0 atom stereocenters. The Bertz CT molecular complexity index is 763. The molecular formula is C14H15BFNO4S. The molecule has 116 valence electrons. The quantitative estimate of drug-likeness (QED) is 0.691. The van der Waals surface area contributed by atoms with E-state index in [2.05, 4.69) is 4.72 Å². The number of nitrogens with one attached hydrogen (secondary N) is 1. The summed E-state index contributed by atoms with van der Waals surface area (Å²) in [5.41, 5.74) is 1.55. The highest BCUT2D eigenvalue weighted by atomic mass is 32.2. The molecule has 0 unspecified atom stereocenters. The average Bonchev–Trinajstić information content (AvgIpc) is 2.45. The lowest BCUT2D eigenvalue weighted by Crippen LogP contribution is -2.30. The van der Waals surface area contributed by atoms with E-state index in [1.165, 1.54) is 24.3 Å². The number of sulfonamides is 1. The van der Waals surface area contributed by atoms with Crippen molar-refractivity contribution >= 4 is 22.6 Å². The van der Waals surface area contributed by atoms with Crippen LogP contribution in [0, 0.1) is 12.7 Å². The maximum Gasteiger partial charge on any atom is 0.488 e. The van der Waals surface area contributed by atoms with Gasteiger partial charge in [0.2, 0.25) is 10.0 Å². The molecule has 0 radical (unpaired) electrons. The minimum atomic E-state index is -3.96. The Morgan fingerprint density at radius 3 is 2.32 bits per heavy atom. The van der Waals surface area contributed by atoms with Crippen molar-refractivity contribution in [3.8, 4) is 0 Å². The summed E-state index contributed by atoms with van der Waals surface area (Å²) in [6.07, 6.45) is 0. The zero-order valence-electron chi connectivity index (χ0n) is 11.8. The van der Waals surface area contributed by atoms with Crippen LogP contribution in [0.2, 0.25) is 0 Å². The van der Waals surface area contributed by atoms with E-state index in [1.54, 1.807) is 19.1 Å². The highest BCUT2D eigenvalue weighted by Crippen LogP contribution is 2.16. The van der Waals surface area contributed by atoms with Crippen LogP contribution in [0.25, 0.3) is 0 Å². The molecule has 0 aromatic heterocycles. The van der Waals surface area contributed by atoms with Gasteiger partial charge >= 0.3 is 7.12 Å². The third-order valence-corrected chi connectivity index (χ3v) is 4.56. The first-order valence-corrected chi connectivity index (χ1v) is 7.99. The van der Waals surface area contributed by atoms with Gasteiger partial charge in [-0.05, 0) is 35.6 Å². The molecule has 5 nitrogen and oxygen atoms in total. The van der Waals surface area contributed by atoms with E-state index in [4.69, 9.17) is 10.0 Å². The number of hydrogen-bond acceptors (Lipinski definition) is 4. The van der Waals surface area contributed by atoms with Gasteiger partial charge in [-0.2, -0.15) is 0 Å². The smallest absolute Gasteiger partial charge is 0.423 e. The maximum atomic E-state index is 13.7. The van der Waals surface area contributed by atoms with Crippen LogP contribution in [0.4, 0.5) is 4.39 Å². The number of aryl methyl sites for hydroxylation is 1. The highest BCUT2D eigenvalue weighted by molar-refractivity contribution is 7.89. The Labute approximate surface area is 128 Å². The molecular weight excluding hydrogens is 308 g/mol. The second-order valence-corrected chi connectivity index (χ2v) is 6.61. The Kier molecular flexibility index (Phi) is 4.97. The molecule has 0 saturated heterocycles. The lowest BCUT2D eigenvalue weighted by atomic mass is 9.80. The number of benzene rings is 2. The van der Waals surface area contributed by atoms with Gasteiger partial charge in [0, 0.05) is 6.54 Å². The van der Waals surface area contributed by atoms with E-state index in [0.29, 0.717) is 16.6 Å². The van der Waals surface area contributed by atoms with Gasteiger partial charge < -0.3 is 10.0 Å². The van der Waals surface area contributed by atoms with Crippen LogP contribution in [-0.2, 0) is 16.6 Å². The summed E-state index contributed by atoms with van der Waals surface area (Å²) in [5.74, 6) is -0.800. The number of halogens is 1. The van der Waals surface area contributed by atoms with Crippen molar-refractivity contribution in [1.29, 1.82) is 0 Å². The normalized spacial score (nSPS) is 11.5. The van der Waals surface area contributed by atoms with E-state index in [1.807, 2.05) is 0 Å². The number of rotatable bonds is 5. The third-order valence-electron chi connectivity index (χ3n) is 3.12. The van der Waals surface area contributed by atoms with Crippen molar-refractivity contribution in [2.45, 2.75) is 18.4 Å². The first-order chi connectivity index (χ1) is 10.3. The zero-order valence-corrected chi connectivity index (χ0v) is 12.6. The van der Waals surface area contributed by atoms with Crippen molar-refractivity contribution in [1.82, 2.24) is 4.72 Å². The molecule has 8 heteroatoms. The van der Waals surface area contributed by atoms with Crippen LogP contribution >= 0.6 is 0 Å². The molecule has 0 amide bonds. The van der Waals surface area contributed by atoms with Gasteiger partial charge in [-0.25, -0.2) is 17.5 Å². The molecule has 0 heterocycles. The van der Waals surface area contributed by atoms with E-state index >= 15 is 0 Å². The Balaban J connectivity index is 2.12. The van der Waals surface area contributed by atoms with Crippen LogP contribution < -0.4 is 10.2 Å². The molecule has 0 fully saturated rings. The van der Waals surface area contributed by atoms with E-state index < -0.39 is 27.9 Å². The van der Waals surface area contributed by atoms with Gasteiger partial charge in [0.1, 0.15) is 10.7 Å². The lowest BCUT2D eigenvalue weighted by Gasteiger charge is -2.09. The van der Waals surface area contributed by atoms with E-state index in [0.717, 1.165) is 6.07 Å². The van der Waals surface area contributed by atoms with E-state index in [-0.39, 0.29) is 6.54 Å². The van der Waals surface area contributed by atoms with Crippen molar-refractivity contribution in [2.75, 3.05) is 0 Å². The van der Waals surface area contributed by atoms with Crippen molar-refractivity contribution in [3.63, 3.8) is 0 Å². The molecule has 0 bridgehead atoms. The zero-order chi connectivity index (χ0) is 16.3. The molecule has 0 aliphatic carbocycles. The van der Waals surface area contributed by atoms with Gasteiger partial charge in [-0.15, -0.1) is 0 Å². The summed E-state index contributed by atoms with van der Waals surface area (Å²) >= 11 is 0. The summed E-state index contributed by atoms with van der Waals surface area (Å²) in [6.45, 7) is 1.64. The van der Waals surface area contributed by atoms with Gasteiger partial charge in [-0.1, -0.05) is 30.3 Å². The third kappa shape index (κ3) is 3.92. The summed E-state index contributed by atoms with van der Waals surface area (Å²) in [6, 6.07) is 9.96. The fourth-order valence-corrected chi connectivity index (χ4v) is 2.96. The first kappa shape index (κ1) is 16.6. The van der Waals surface area contributed by atoms with E-state index in [9.17, 15) is 12.8 Å². The second kappa shape index (κ2) is 6.57. The standard InChI is InChI=1S/C14H15BFNO4S/c1-10-2-7-14(13(16)8-10)22(20,21)17-9-11-3-5-12(6-4-11)15(18)19/h2-8,17-19H,9H2,1H3. The van der Waals surface area contributed by atoms with Crippen LogP contribution in [0.15, 0.2) is 47.4 Å². The van der Waals surface area contributed by atoms with Crippen molar-refractivity contribution in [2.24, 2.45) is 0 Å². The van der Waals surface area contributed by atoms with Crippen molar-refractivity contribution in [3.05, 3.63) is 59.4 Å². The van der Waals surface area contributed by atoms with Gasteiger partial charge in [0.05, 0.1) is 0 Å². The largest absolute Gasteiger partial charge is 0.488 e. The van der Waals surface area contributed by atoms with Gasteiger partial charge in [-0.3, -0.25) is 0 Å². The van der Waals surface area contributed by atoms with Crippen molar-refractivity contribution < 1.29 is 22.9 Å². The predicted molar refractivity (Wildman–Crippen MR) is 81.4 cm³/mol. The molecule has 2 aromatic rings. The fourth-order valence-electron chi connectivity index (χ4n) is 1.89. The Hall–Kier alpha value is -1.74.